The summed E-state index contributed by atoms with van der Waals surface area (Å²) in [6.45, 7) is -0.470. The molecule has 0 aromatic heterocycles. The number of benzene rings is 2. The zero-order valence-electron chi connectivity index (χ0n) is 14.3. The third-order valence-electron chi connectivity index (χ3n) is 3.44. The predicted octanol–water partition coefficient (Wildman–Crippen LogP) is 2.71. The lowest BCUT2D eigenvalue weighted by molar-refractivity contribution is -0.274. The SMILES string of the molecule is O=C(CCNS(=O)(=O)c1ccc(F)cc1)NCc1ccccc1OC(F)(F)F. The second kappa shape index (κ2) is 9.02. The molecule has 0 atom stereocenters. The van der Waals surface area contributed by atoms with E-state index in [4.69, 9.17) is 0 Å². The molecular weight excluding hydrogens is 404 g/mol. The van der Waals surface area contributed by atoms with Gasteiger partial charge in [0.2, 0.25) is 15.9 Å². The molecule has 0 radical (unpaired) electrons. The average molecular weight is 420 g/mol. The van der Waals surface area contributed by atoms with Crippen LogP contribution in [-0.2, 0) is 21.4 Å². The minimum absolute atomic E-state index is 0.111. The Morgan fingerprint density at radius 1 is 1.04 bits per heavy atom. The number of carbonyl (C=O) groups excluding carboxylic acids is 1. The van der Waals surface area contributed by atoms with Gasteiger partial charge in [-0.15, -0.1) is 13.2 Å². The largest absolute Gasteiger partial charge is 0.573 e. The Morgan fingerprint density at radius 3 is 2.32 bits per heavy atom. The van der Waals surface area contributed by atoms with E-state index in [9.17, 15) is 30.8 Å². The topological polar surface area (TPSA) is 84.5 Å². The molecule has 152 valence electrons. The standard InChI is InChI=1S/C17H16F4N2O4S/c18-13-5-7-14(8-6-13)28(25,26)23-10-9-16(24)22-11-12-3-1-2-4-15(12)27-17(19,20)21/h1-8,23H,9-11H2,(H,22,24). The maximum absolute atomic E-state index is 12.8. The normalized spacial score (nSPS) is 11.9. The van der Waals surface area contributed by atoms with Crippen LogP contribution in [-0.4, -0.2) is 27.2 Å². The number of hydrogen-bond donors (Lipinski definition) is 2. The fourth-order valence-electron chi connectivity index (χ4n) is 2.15. The number of halogens is 4. The Hall–Kier alpha value is -2.66. The second-order valence-corrected chi connectivity index (χ2v) is 7.30. The minimum atomic E-state index is -4.86. The number of amides is 1. The molecule has 0 aliphatic heterocycles. The van der Waals surface area contributed by atoms with Gasteiger partial charge in [0, 0.05) is 25.1 Å². The molecule has 2 N–H and O–H groups in total. The van der Waals surface area contributed by atoms with E-state index >= 15 is 0 Å². The maximum Gasteiger partial charge on any atom is 0.573 e. The third-order valence-corrected chi connectivity index (χ3v) is 4.92. The van der Waals surface area contributed by atoms with Gasteiger partial charge in [0.25, 0.3) is 0 Å². The molecule has 6 nitrogen and oxygen atoms in total. The van der Waals surface area contributed by atoms with Gasteiger partial charge in [0.05, 0.1) is 4.90 Å². The van der Waals surface area contributed by atoms with Crippen molar-refractivity contribution in [2.75, 3.05) is 6.54 Å². The summed E-state index contributed by atoms with van der Waals surface area (Å²) >= 11 is 0. The lowest BCUT2D eigenvalue weighted by Gasteiger charge is -2.13. The van der Waals surface area contributed by atoms with E-state index in [0.717, 1.165) is 30.3 Å². The molecule has 0 saturated heterocycles. The van der Waals surface area contributed by atoms with E-state index in [1.165, 1.54) is 18.2 Å². The first-order valence-corrected chi connectivity index (χ1v) is 9.41. The molecule has 11 heteroatoms. The van der Waals surface area contributed by atoms with E-state index in [1.807, 2.05) is 0 Å². The number of carbonyl (C=O) groups is 1. The van der Waals surface area contributed by atoms with Crippen LogP contribution in [0, 0.1) is 5.82 Å². The van der Waals surface area contributed by atoms with Gasteiger partial charge in [-0.05, 0) is 30.3 Å². The lowest BCUT2D eigenvalue weighted by atomic mass is 10.2. The van der Waals surface area contributed by atoms with Crippen LogP contribution in [0.2, 0.25) is 0 Å². The quantitative estimate of drug-likeness (QED) is 0.644. The summed E-state index contributed by atoms with van der Waals surface area (Å²) in [6, 6.07) is 9.46. The smallest absolute Gasteiger partial charge is 0.405 e. The number of rotatable bonds is 8. The molecule has 2 aromatic rings. The van der Waals surface area contributed by atoms with Gasteiger partial charge in [-0.3, -0.25) is 4.79 Å². The number of para-hydroxylation sites is 1. The third kappa shape index (κ3) is 6.82. The molecule has 0 aliphatic carbocycles. The Labute approximate surface area is 158 Å². The number of ether oxygens (including phenoxy) is 1. The van der Waals surface area contributed by atoms with Crippen LogP contribution in [0.25, 0.3) is 0 Å². The minimum Gasteiger partial charge on any atom is -0.405 e. The van der Waals surface area contributed by atoms with Gasteiger partial charge in [-0.25, -0.2) is 17.5 Å². The van der Waals surface area contributed by atoms with Gasteiger partial charge < -0.3 is 10.1 Å². The first kappa shape index (κ1) is 21.6. The molecule has 0 fully saturated rings. The van der Waals surface area contributed by atoms with Crippen LogP contribution in [0.15, 0.2) is 53.4 Å². The van der Waals surface area contributed by atoms with Crippen LogP contribution in [0.4, 0.5) is 17.6 Å². The van der Waals surface area contributed by atoms with Gasteiger partial charge in [-0.1, -0.05) is 18.2 Å². The first-order valence-electron chi connectivity index (χ1n) is 7.92. The van der Waals surface area contributed by atoms with Crippen LogP contribution in [0.1, 0.15) is 12.0 Å². The van der Waals surface area contributed by atoms with E-state index in [2.05, 4.69) is 14.8 Å². The van der Waals surface area contributed by atoms with Crippen molar-refractivity contribution in [2.24, 2.45) is 0 Å². The van der Waals surface area contributed by atoms with Crippen molar-refractivity contribution < 1.29 is 35.5 Å². The molecular formula is C17H16F4N2O4S. The Morgan fingerprint density at radius 2 is 1.68 bits per heavy atom. The second-order valence-electron chi connectivity index (χ2n) is 5.53. The zero-order valence-corrected chi connectivity index (χ0v) is 15.1. The van der Waals surface area contributed by atoms with Crippen molar-refractivity contribution in [2.45, 2.75) is 24.2 Å². The molecule has 0 bridgehead atoms. The van der Waals surface area contributed by atoms with E-state index in [1.54, 1.807) is 0 Å². The Bertz CT molecular complexity index is 915. The van der Waals surface area contributed by atoms with Crippen molar-refractivity contribution >= 4 is 15.9 Å². The van der Waals surface area contributed by atoms with Crippen LogP contribution >= 0.6 is 0 Å². The van der Waals surface area contributed by atoms with E-state index < -0.39 is 33.9 Å². The highest BCUT2D eigenvalue weighted by molar-refractivity contribution is 7.89. The van der Waals surface area contributed by atoms with E-state index in [-0.39, 0.29) is 30.0 Å². The predicted molar refractivity (Wildman–Crippen MR) is 91.2 cm³/mol. The van der Waals surface area contributed by atoms with Crippen LogP contribution < -0.4 is 14.8 Å². The maximum atomic E-state index is 12.8. The molecule has 0 heterocycles. The number of hydrogen-bond acceptors (Lipinski definition) is 4. The van der Waals surface area contributed by atoms with Crippen LogP contribution in [0.3, 0.4) is 0 Å². The number of sulfonamides is 1. The molecule has 0 aliphatic rings. The highest BCUT2D eigenvalue weighted by Crippen LogP contribution is 2.26. The van der Waals surface area contributed by atoms with Crippen molar-refractivity contribution in [1.82, 2.24) is 10.0 Å². The van der Waals surface area contributed by atoms with E-state index in [0.29, 0.717) is 0 Å². The molecule has 0 spiro atoms. The molecule has 0 unspecified atom stereocenters. The summed E-state index contributed by atoms with van der Waals surface area (Å²) in [6.07, 6.45) is -5.11. The zero-order chi connectivity index (χ0) is 20.8. The van der Waals surface area contributed by atoms with Crippen molar-refractivity contribution in [1.29, 1.82) is 0 Å². The first-order chi connectivity index (χ1) is 13.1. The summed E-state index contributed by atoms with van der Waals surface area (Å²) in [5.74, 6) is -1.61. The number of nitrogens with one attached hydrogen (secondary N) is 2. The fourth-order valence-corrected chi connectivity index (χ4v) is 3.18. The van der Waals surface area contributed by atoms with Gasteiger partial charge >= 0.3 is 6.36 Å². The monoisotopic (exact) mass is 420 g/mol. The fraction of sp³-hybridized carbons (Fsp3) is 0.235. The molecule has 1 amide bonds. The van der Waals surface area contributed by atoms with Crippen molar-refractivity contribution in [3.05, 3.63) is 59.9 Å². The highest BCUT2D eigenvalue weighted by Gasteiger charge is 2.32. The summed E-state index contributed by atoms with van der Waals surface area (Å²) in [5.41, 5.74) is 0.111. The molecule has 0 saturated carbocycles. The van der Waals surface area contributed by atoms with Gasteiger partial charge in [0.15, 0.2) is 0 Å². The Kier molecular flexibility index (Phi) is 6.97. The van der Waals surface area contributed by atoms with Gasteiger partial charge in [0.1, 0.15) is 11.6 Å². The molecule has 2 rings (SSSR count). The summed E-state index contributed by atoms with van der Waals surface area (Å²) < 4.78 is 80.0. The van der Waals surface area contributed by atoms with Crippen molar-refractivity contribution in [3.8, 4) is 5.75 Å². The summed E-state index contributed by atoms with van der Waals surface area (Å²) in [5, 5.41) is 2.39. The Balaban J connectivity index is 1.84. The van der Waals surface area contributed by atoms with Gasteiger partial charge in [-0.2, -0.15) is 0 Å². The number of alkyl halides is 3. The van der Waals surface area contributed by atoms with Crippen LogP contribution in [0.5, 0.6) is 5.75 Å². The summed E-state index contributed by atoms with van der Waals surface area (Å²) in [7, 11) is -3.91. The molecule has 2 aromatic carbocycles. The lowest BCUT2D eigenvalue weighted by Crippen LogP contribution is -2.30. The van der Waals surface area contributed by atoms with Crippen molar-refractivity contribution in [3.63, 3.8) is 0 Å². The average Bonchev–Trinajstić information content (AvgIpc) is 2.60. The highest BCUT2D eigenvalue weighted by atomic mass is 32.2. The summed E-state index contributed by atoms with van der Waals surface area (Å²) in [4.78, 5) is 11.7. The molecule has 28 heavy (non-hydrogen) atoms.